The van der Waals surface area contributed by atoms with E-state index in [9.17, 15) is 4.79 Å². The van der Waals surface area contributed by atoms with E-state index in [0.717, 1.165) is 11.3 Å². The summed E-state index contributed by atoms with van der Waals surface area (Å²) < 4.78 is 1.78. The lowest BCUT2D eigenvalue weighted by atomic mass is 10.1. The first-order chi connectivity index (χ1) is 9.58. The summed E-state index contributed by atoms with van der Waals surface area (Å²) in [6.07, 6.45) is 5.35. The van der Waals surface area contributed by atoms with Crippen LogP contribution in [-0.4, -0.2) is 32.6 Å². The standard InChI is InChI=1S/C15H20N4O/c1-12-6-4-7-16-14(12)11-18(3)15(20)13(2)10-19-9-5-8-17-19/h4-9,13H,10-11H2,1-3H3/t13-/m0/s1. The third-order valence-corrected chi connectivity index (χ3v) is 3.32. The van der Waals surface area contributed by atoms with Crippen LogP contribution >= 0.6 is 0 Å². The zero-order valence-corrected chi connectivity index (χ0v) is 12.2. The Kier molecular flexibility index (Phi) is 4.50. The molecule has 0 unspecified atom stereocenters. The Balaban J connectivity index is 1.96. The van der Waals surface area contributed by atoms with Crippen molar-refractivity contribution in [3.8, 4) is 0 Å². The van der Waals surface area contributed by atoms with E-state index in [-0.39, 0.29) is 11.8 Å². The van der Waals surface area contributed by atoms with Gasteiger partial charge in [0.25, 0.3) is 0 Å². The number of hydrogen-bond donors (Lipinski definition) is 0. The molecule has 0 fully saturated rings. The maximum absolute atomic E-state index is 12.3. The molecule has 0 aromatic carbocycles. The van der Waals surface area contributed by atoms with Crippen LogP contribution in [0.2, 0.25) is 0 Å². The molecule has 0 saturated carbocycles. The van der Waals surface area contributed by atoms with Gasteiger partial charge in [0, 0.05) is 25.6 Å². The zero-order valence-electron chi connectivity index (χ0n) is 12.2. The Labute approximate surface area is 119 Å². The molecule has 20 heavy (non-hydrogen) atoms. The summed E-state index contributed by atoms with van der Waals surface area (Å²) in [6, 6.07) is 5.77. The lowest BCUT2D eigenvalue weighted by Gasteiger charge is -2.21. The molecule has 5 nitrogen and oxygen atoms in total. The second-order valence-corrected chi connectivity index (χ2v) is 5.09. The highest BCUT2D eigenvalue weighted by atomic mass is 16.2. The van der Waals surface area contributed by atoms with Gasteiger partial charge in [-0.25, -0.2) is 0 Å². The zero-order chi connectivity index (χ0) is 14.5. The van der Waals surface area contributed by atoms with Crippen molar-refractivity contribution in [2.45, 2.75) is 26.9 Å². The first kappa shape index (κ1) is 14.2. The molecule has 1 atom stereocenters. The van der Waals surface area contributed by atoms with E-state index in [2.05, 4.69) is 10.1 Å². The average molecular weight is 272 g/mol. The number of nitrogens with zero attached hydrogens (tertiary/aromatic N) is 4. The fourth-order valence-corrected chi connectivity index (χ4v) is 2.13. The van der Waals surface area contributed by atoms with Gasteiger partial charge in [0.1, 0.15) is 0 Å². The number of pyridine rings is 1. The highest BCUT2D eigenvalue weighted by molar-refractivity contribution is 5.78. The van der Waals surface area contributed by atoms with Crippen molar-refractivity contribution in [3.63, 3.8) is 0 Å². The third kappa shape index (κ3) is 3.44. The topological polar surface area (TPSA) is 51.0 Å². The van der Waals surface area contributed by atoms with Crippen molar-refractivity contribution in [2.24, 2.45) is 5.92 Å². The minimum Gasteiger partial charge on any atom is -0.340 e. The van der Waals surface area contributed by atoms with Gasteiger partial charge in [0.2, 0.25) is 5.91 Å². The van der Waals surface area contributed by atoms with Gasteiger partial charge in [0.15, 0.2) is 0 Å². The summed E-state index contributed by atoms with van der Waals surface area (Å²) in [5.41, 5.74) is 2.04. The van der Waals surface area contributed by atoms with Crippen LogP contribution in [0.15, 0.2) is 36.8 Å². The number of aryl methyl sites for hydroxylation is 1. The molecule has 2 aromatic heterocycles. The lowest BCUT2D eigenvalue weighted by molar-refractivity contribution is -0.134. The van der Waals surface area contributed by atoms with Crippen LogP contribution in [0.4, 0.5) is 0 Å². The Morgan fingerprint density at radius 3 is 2.85 bits per heavy atom. The highest BCUT2D eigenvalue weighted by Gasteiger charge is 2.19. The predicted octanol–water partition coefficient (Wildman–Crippen LogP) is 1.88. The highest BCUT2D eigenvalue weighted by Crippen LogP contribution is 2.10. The Morgan fingerprint density at radius 2 is 2.20 bits per heavy atom. The molecule has 2 rings (SSSR count). The normalized spacial score (nSPS) is 12.2. The minimum atomic E-state index is -0.107. The molecule has 106 valence electrons. The van der Waals surface area contributed by atoms with Crippen molar-refractivity contribution >= 4 is 5.91 Å². The van der Waals surface area contributed by atoms with Gasteiger partial charge in [-0.15, -0.1) is 0 Å². The molecule has 1 amide bonds. The molecular formula is C15H20N4O. The first-order valence-corrected chi connectivity index (χ1v) is 6.71. The van der Waals surface area contributed by atoms with Crippen molar-refractivity contribution in [2.75, 3.05) is 7.05 Å². The van der Waals surface area contributed by atoms with E-state index >= 15 is 0 Å². The second kappa shape index (κ2) is 6.32. The number of hydrogen-bond acceptors (Lipinski definition) is 3. The maximum Gasteiger partial charge on any atom is 0.227 e. The number of carbonyl (C=O) groups excluding carboxylic acids is 1. The summed E-state index contributed by atoms with van der Waals surface area (Å²) in [5.74, 6) is -0.00512. The molecule has 0 spiro atoms. The summed E-state index contributed by atoms with van der Waals surface area (Å²) >= 11 is 0. The molecule has 0 bridgehead atoms. The molecule has 5 heteroatoms. The average Bonchev–Trinajstić information content (AvgIpc) is 2.93. The maximum atomic E-state index is 12.3. The van der Waals surface area contributed by atoms with E-state index in [0.29, 0.717) is 13.1 Å². The number of aromatic nitrogens is 3. The number of amides is 1. The largest absolute Gasteiger partial charge is 0.340 e. The summed E-state index contributed by atoms with van der Waals surface area (Å²) in [7, 11) is 1.82. The third-order valence-electron chi connectivity index (χ3n) is 3.32. The van der Waals surface area contributed by atoms with Gasteiger partial charge in [-0.3, -0.25) is 14.5 Å². The van der Waals surface area contributed by atoms with Gasteiger partial charge in [-0.2, -0.15) is 5.10 Å². The Bertz CT molecular complexity index is 565. The molecule has 2 aromatic rings. The molecule has 0 N–H and O–H groups in total. The van der Waals surface area contributed by atoms with Gasteiger partial charge in [-0.05, 0) is 24.6 Å². The van der Waals surface area contributed by atoms with E-state index in [1.807, 2.05) is 45.3 Å². The fraction of sp³-hybridized carbons (Fsp3) is 0.400. The van der Waals surface area contributed by atoms with Crippen LogP contribution in [0.25, 0.3) is 0 Å². The quantitative estimate of drug-likeness (QED) is 0.835. The van der Waals surface area contributed by atoms with Crippen LogP contribution < -0.4 is 0 Å². The molecular weight excluding hydrogens is 252 g/mol. The van der Waals surface area contributed by atoms with Crippen molar-refractivity contribution < 1.29 is 4.79 Å². The molecule has 0 saturated heterocycles. The molecule has 0 aliphatic rings. The fourth-order valence-electron chi connectivity index (χ4n) is 2.13. The Hall–Kier alpha value is -2.17. The van der Waals surface area contributed by atoms with Crippen molar-refractivity contribution in [3.05, 3.63) is 48.0 Å². The molecule has 0 aliphatic heterocycles. The summed E-state index contributed by atoms with van der Waals surface area (Å²) in [5, 5.41) is 4.13. The van der Waals surface area contributed by atoms with Crippen molar-refractivity contribution in [1.29, 1.82) is 0 Å². The Morgan fingerprint density at radius 1 is 1.40 bits per heavy atom. The van der Waals surface area contributed by atoms with Crippen LogP contribution in [-0.2, 0) is 17.9 Å². The van der Waals surface area contributed by atoms with E-state index in [1.54, 1.807) is 22.0 Å². The molecule has 0 aliphatic carbocycles. The van der Waals surface area contributed by atoms with Crippen LogP contribution in [0.3, 0.4) is 0 Å². The second-order valence-electron chi connectivity index (χ2n) is 5.09. The van der Waals surface area contributed by atoms with Gasteiger partial charge in [0.05, 0.1) is 24.7 Å². The van der Waals surface area contributed by atoms with Crippen LogP contribution in [0.5, 0.6) is 0 Å². The van der Waals surface area contributed by atoms with E-state index in [4.69, 9.17) is 0 Å². The van der Waals surface area contributed by atoms with Crippen molar-refractivity contribution in [1.82, 2.24) is 19.7 Å². The number of carbonyl (C=O) groups is 1. The van der Waals surface area contributed by atoms with E-state index in [1.165, 1.54) is 0 Å². The predicted molar refractivity (Wildman–Crippen MR) is 76.8 cm³/mol. The van der Waals surface area contributed by atoms with Gasteiger partial charge >= 0.3 is 0 Å². The summed E-state index contributed by atoms with van der Waals surface area (Å²) in [4.78, 5) is 18.4. The lowest BCUT2D eigenvalue weighted by Crippen LogP contribution is -2.33. The monoisotopic (exact) mass is 272 g/mol. The van der Waals surface area contributed by atoms with Gasteiger partial charge in [-0.1, -0.05) is 13.0 Å². The van der Waals surface area contributed by atoms with Gasteiger partial charge < -0.3 is 4.90 Å². The minimum absolute atomic E-state index is 0.102. The van der Waals surface area contributed by atoms with Crippen LogP contribution in [0.1, 0.15) is 18.2 Å². The smallest absolute Gasteiger partial charge is 0.227 e. The molecule has 2 heterocycles. The number of rotatable bonds is 5. The molecule has 0 radical (unpaired) electrons. The van der Waals surface area contributed by atoms with Crippen LogP contribution in [0, 0.1) is 12.8 Å². The SMILES string of the molecule is Cc1cccnc1CN(C)C(=O)[C@@H](C)Cn1cccn1. The first-order valence-electron chi connectivity index (χ1n) is 6.71. The summed E-state index contributed by atoms with van der Waals surface area (Å²) in [6.45, 7) is 5.06. The van der Waals surface area contributed by atoms with E-state index < -0.39 is 0 Å².